The lowest BCUT2D eigenvalue weighted by atomic mass is 9.69. The third kappa shape index (κ3) is 3.03. The fourth-order valence-electron chi connectivity index (χ4n) is 3.06. The maximum absolute atomic E-state index is 11.7. The van der Waals surface area contributed by atoms with Crippen LogP contribution in [0.4, 0.5) is 0 Å². The Morgan fingerprint density at radius 2 is 1.83 bits per heavy atom. The summed E-state index contributed by atoms with van der Waals surface area (Å²) in [6, 6.07) is 0. The minimum absolute atomic E-state index is 0.0226. The molecule has 0 spiro atoms. The van der Waals surface area contributed by atoms with E-state index in [-0.39, 0.29) is 5.91 Å². The summed E-state index contributed by atoms with van der Waals surface area (Å²) < 4.78 is 0. The molecule has 4 heteroatoms. The first-order valence-corrected chi connectivity index (χ1v) is 7.12. The molecule has 18 heavy (non-hydrogen) atoms. The smallest absolute Gasteiger partial charge is 0.311 e. The third-order valence-electron chi connectivity index (χ3n) is 4.64. The van der Waals surface area contributed by atoms with Crippen molar-refractivity contribution < 1.29 is 14.7 Å². The van der Waals surface area contributed by atoms with Crippen LogP contribution < -0.4 is 5.32 Å². The van der Waals surface area contributed by atoms with Crippen molar-refractivity contribution in [1.29, 1.82) is 0 Å². The Morgan fingerprint density at radius 3 is 2.33 bits per heavy atom. The predicted molar refractivity (Wildman–Crippen MR) is 68.1 cm³/mol. The number of aliphatic carboxylic acids is 1. The maximum atomic E-state index is 11.7. The number of carboxylic acids is 1. The molecule has 4 nitrogen and oxygen atoms in total. The third-order valence-corrected chi connectivity index (χ3v) is 4.64. The van der Waals surface area contributed by atoms with Crippen LogP contribution in [0, 0.1) is 11.3 Å². The maximum Gasteiger partial charge on any atom is 0.311 e. The molecule has 0 aromatic rings. The van der Waals surface area contributed by atoms with Crippen LogP contribution in [0.3, 0.4) is 0 Å². The Labute approximate surface area is 108 Å². The average molecular weight is 253 g/mol. The number of amides is 1. The lowest BCUT2D eigenvalue weighted by Gasteiger charge is -2.37. The molecule has 102 valence electrons. The fourth-order valence-corrected chi connectivity index (χ4v) is 3.06. The molecule has 0 radical (unpaired) electrons. The van der Waals surface area contributed by atoms with E-state index in [2.05, 4.69) is 5.32 Å². The van der Waals surface area contributed by atoms with E-state index in [0.717, 1.165) is 12.8 Å². The summed E-state index contributed by atoms with van der Waals surface area (Å²) in [6.07, 6.45) is 8.99. The standard InChI is InChI=1S/C14H23NO3/c16-12(7-6-11-4-1-2-5-11)15-10-14(13(17)18)8-3-9-14/h11H,1-10H2,(H,15,16)(H,17,18). The second-order valence-corrected chi connectivity index (χ2v) is 5.90. The van der Waals surface area contributed by atoms with Gasteiger partial charge in [-0.05, 0) is 25.2 Å². The van der Waals surface area contributed by atoms with Gasteiger partial charge in [0.2, 0.25) is 5.91 Å². The molecule has 2 rings (SSSR count). The Balaban J connectivity index is 1.66. The number of nitrogens with one attached hydrogen (secondary N) is 1. The zero-order valence-electron chi connectivity index (χ0n) is 10.9. The van der Waals surface area contributed by atoms with Crippen molar-refractivity contribution in [2.75, 3.05) is 6.54 Å². The van der Waals surface area contributed by atoms with Crippen molar-refractivity contribution in [2.24, 2.45) is 11.3 Å². The minimum Gasteiger partial charge on any atom is -0.481 e. The van der Waals surface area contributed by atoms with Gasteiger partial charge in [-0.15, -0.1) is 0 Å². The molecule has 0 bridgehead atoms. The number of hydrogen-bond donors (Lipinski definition) is 2. The summed E-state index contributed by atoms with van der Waals surface area (Å²) in [5, 5.41) is 12.0. The fraction of sp³-hybridized carbons (Fsp3) is 0.857. The molecule has 2 saturated carbocycles. The van der Waals surface area contributed by atoms with Crippen molar-refractivity contribution in [3.63, 3.8) is 0 Å². The van der Waals surface area contributed by atoms with Gasteiger partial charge >= 0.3 is 5.97 Å². The van der Waals surface area contributed by atoms with Gasteiger partial charge in [0.1, 0.15) is 0 Å². The van der Waals surface area contributed by atoms with Crippen LogP contribution in [0.15, 0.2) is 0 Å². The number of carbonyl (C=O) groups is 2. The highest BCUT2D eigenvalue weighted by Crippen LogP contribution is 2.40. The van der Waals surface area contributed by atoms with Gasteiger partial charge in [-0.25, -0.2) is 0 Å². The normalized spacial score (nSPS) is 22.4. The molecule has 0 aliphatic heterocycles. The van der Waals surface area contributed by atoms with Crippen LogP contribution in [0.1, 0.15) is 57.8 Å². The molecule has 0 aromatic carbocycles. The van der Waals surface area contributed by atoms with Crippen molar-refractivity contribution in [3.05, 3.63) is 0 Å². The molecule has 2 aliphatic carbocycles. The topological polar surface area (TPSA) is 66.4 Å². The van der Waals surface area contributed by atoms with E-state index >= 15 is 0 Å². The SMILES string of the molecule is O=C(CCC1CCCC1)NCC1(C(=O)O)CCC1. The van der Waals surface area contributed by atoms with Crippen molar-refractivity contribution in [2.45, 2.75) is 57.8 Å². The molecule has 0 saturated heterocycles. The van der Waals surface area contributed by atoms with Crippen LogP contribution in [0.2, 0.25) is 0 Å². The summed E-state index contributed by atoms with van der Waals surface area (Å²) in [4.78, 5) is 22.8. The first-order chi connectivity index (χ1) is 8.62. The number of carbonyl (C=O) groups excluding carboxylic acids is 1. The Hall–Kier alpha value is -1.06. The van der Waals surface area contributed by atoms with E-state index in [1.165, 1.54) is 25.7 Å². The van der Waals surface area contributed by atoms with Crippen LogP contribution in [0.25, 0.3) is 0 Å². The summed E-state index contributed by atoms with van der Waals surface area (Å²) in [7, 11) is 0. The molecule has 0 atom stereocenters. The van der Waals surface area contributed by atoms with E-state index in [0.29, 0.717) is 31.7 Å². The first-order valence-electron chi connectivity index (χ1n) is 7.12. The highest BCUT2D eigenvalue weighted by molar-refractivity contribution is 5.79. The summed E-state index contributed by atoms with van der Waals surface area (Å²) in [5.74, 6) is -0.0212. The van der Waals surface area contributed by atoms with Crippen LogP contribution >= 0.6 is 0 Å². The van der Waals surface area contributed by atoms with Crippen molar-refractivity contribution in [3.8, 4) is 0 Å². The van der Waals surface area contributed by atoms with E-state index < -0.39 is 11.4 Å². The molecule has 2 fully saturated rings. The number of hydrogen-bond acceptors (Lipinski definition) is 2. The Kier molecular flexibility index (Phi) is 4.25. The van der Waals surface area contributed by atoms with Crippen LogP contribution in [-0.4, -0.2) is 23.5 Å². The Morgan fingerprint density at radius 1 is 1.17 bits per heavy atom. The van der Waals surface area contributed by atoms with Gasteiger partial charge in [0.25, 0.3) is 0 Å². The second kappa shape index (κ2) is 5.72. The van der Waals surface area contributed by atoms with E-state index in [1.54, 1.807) is 0 Å². The zero-order chi connectivity index (χ0) is 13.0. The highest BCUT2D eigenvalue weighted by Gasteiger charge is 2.44. The van der Waals surface area contributed by atoms with Crippen LogP contribution in [-0.2, 0) is 9.59 Å². The molecular weight excluding hydrogens is 230 g/mol. The molecule has 1 amide bonds. The van der Waals surface area contributed by atoms with Gasteiger partial charge in [-0.2, -0.15) is 0 Å². The molecular formula is C14H23NO3. The molecule has 0 unspecified atom stereocenters. The monoisotopic (exact) mass is 253 g/mol. The second-order valence-electron chi connectivity index (χ2n) is 5.90. The number of carboxylic acid groups (broad SMARTS) is 1. The molecule has 0 aromatic heterocycles. The van der Waals surface area contributed by atoms with Crippen molar-refractivity contribution in [1.82, 2.24) is 5.32 Å². The summed E-state index contributed by atoms with van der Waals surface area (Å²) >= 11 is 0. The first kappa shape index (κ1) is 13.4. The van der Waals surface area contributed by atoms with E-state index in [1.807, 2.05) is 0 Å². The Bertz CT molecular complexity index is 317. The van der Waals surface area contributed by atoms with Gasteiger partial charge in [0.15, 0.2) is 0 Å². The van der Waals surface area contributed by atoms with Crippen LogP contribution in [0.5, 0.6) is 0 Å². The number of rotatable bonds is 6. The zero-order valence-corrected chi connectivity index (χ0v) is 10.9. The molecule has 0 heterocycles. The lowest BCUT2D eigenvalue weighted by Crippen LogP contribution is -2.47. The lowest BCUT2D eigenvalue weighted by molar-refractivity contribution is -0.154. The van der Waals surface area contributed by atoms with E-state index in [4.69, 9.17) is 5.11 Å². The van der Waals surface area contributed by atoms with E-state index in [9.17, 15) is 9.59 Å². The van der Waals surface area contributed by atoms with Gasteiger partial charge in [-0.3, -0.25) is 9.59 Å². The average Bonchev–Trinajstić information content (AvgIpc) is 2.77. The highest BCUT2D eigenvalue weighted by atomic mass is 16.4. The quantitative estimate of drug-likeness (QED) is 0.763. The minimum atomic E-state index is -0.759. The summed E-state index contributed by atoms with van der Waals surface area (Å²) in [6.45, 7) is 0.311. The van der Waals surface area contributed by atoms with Crippen molar-refractivity contribution >= 4 is 11.9 Å². The van der Waals surface area contributed by atoms with Gasteiger partial charge in [0, 0.05) is 13.0 Å². The van der Waals surface area contributed by atoms with Gasteiger partial charge < -0.3 is 10.4 Å². The summed E-state index contributed by atoms with van der Waals surface area (Å²) in [5.41, 5.74) is -0.664. The van der Waals surface area contributed by atoms with Gasteiger partial charge in [-0.1, -0.05) is 32.1 Å². The molecule has 2 aliphatic rings. The van der Waals surface area contributed by atoms with Gasteiger partial charge in [0.05, 0.1) is 5.41 Å². The molecule has 2 N–H and O–H groups in total. The largest absolute Gasteiger partial charge is 0.481 e. The predicted octanol–water partition coefficient (Wildman–Crippen LogP) is 2.33.